The second-order valence-corrected chi connectivity index (χ2v) is 7.40. The Labute approximate surface area is 159 Å². The number of halogens is 1. The number of carbonyl (C=O) groups is 2. The molecule has 148 valence electrons. The largest absolute Gasteiger partial charge is 0.379 e. The summed E-state index contributed by atoms with van der Waals surface area (Å²) >= 11 is 0. The zero-order chi connectivity index (χ0) is 19.2. The minimum Gasteiger partial charge on any atom is -0.379 e. The Hall–Kier alpha value is -1.99. The minimum atomic E-state index is -0.328. The molecule has 0 aliphatic carbocycles. The van der Waals surface area contributed by atoms with E-state index in [-0.39, 0.29) is 36.0 Å². The average molecular weight is 377 g/mol. The Kier molecular flexibility index (Phi) is 6.79. The highest BCUT2D eigenvalue weighted by atomic mass is 19.1. The lowest BCUT2D eigenvalue weighted by Gasteiger charge is -2.28. The van der Waals surface area contributed by atoms with Gasteiger partial charge in [0.2, 0.25) is 11.8 Å². The van der Waals surface area contributed by atoms with Gasteiger partial charge in [-0.25, -0.2) is 4.39 Å². The zero-order valence-electron chi connectivity index (χ0n) is 15.8. The molecule has 2 saturated heterocycles. The average Bonchev–Trinajstić information content (AvgIpc) is 3.04. The third-order valence-electron chi connectivity index (χ3n) is 5.25. The second-order valence-electron chi connectivity index (χ2n) is 7.40. The lowest BCUT2D eigenvalue weighted by molar-refractivity contribution is -0.129. The maximum atomic E-state index is 13.8. The van der Waals surface area contributed by atoms with Crippen molar-refractivity contribution in [3.05, 3.63) is 35.6 Å². The summed E-state index contributed by atoms with van der Waals surface area (Å²) in [6.07, 6.45) is 0.682. The van der Waals surface area contributed by atoms with Crippen LogP contribution in [-0.2, 0) is 20.7 Å². The van der Waals surface area contributed by atoms with Gasteiger partial charge in [-0.2, -0.15) is 0 Å². The summed E-state index contributed by atoms with van der Waals surface area (Å²) in [5, 5.41) is 2.93. The number of ether oxygens (including phenoxy) is 1. The fourth-order valence-corrected chi connectivity index (χ4v) is 3.66. The van der Waals surface area contributed by atoms with Crippen molar-refractivity contribution in [3.63, 3.8) is 0 Å². The monoisotopic (exact) mass is 377 g/mol. The number of benzene rings is 1. The first-order valence-corrected chi connectivity index (χ1v) is 9.64. The third kappa shape index (κ3) is 5.49. The maximum absolute atomic E-state index is 13.8. The SMILES string of the molecule is C[C@@H](Cc1ccccc1F)NC(=O)[C@H]1CC(=O)N(CCN2CCOCC2)C1. The van der Waals surface area contributed by atoms with Crippen LogP contribution >= 0.6 is 0 Å². The van der Waals surface area contributed by atoms with Gasteiger partial charge in [0.05, 0.1) is 19.1 Å². The standard InChI is InChI=1S/C20H28FN3O3/c1-15(12-16-4-2-3-5-18(16)21)22-20(26)17-13-19(25)24(14-17)7-6-23-8-10-27-11-9-23/h2-5,15,17H,6-14H2,1H3,(H,22,26)/t15-,17-/m0/s1. The van der Waals surface area contributed by atoms with Crippen molar-refractivity contribution in [3.8, 4) is 0 Å². The Balaban J connectivity index is 1.44. The van der Waals surface area contributed by atoms with E-state index in [9.17, 15) is 14.0 Å². The molecule has 2 aliphatic heterocycles. The smallest absolute Gasteiger partial charge is 0.225 e. The van der Waals surface area contributed by atoms with Crippen LogP contribution in [0.2, 0.25) is 0 Å². The molecule has 6 nitrogen and oxygen atoms in total. The number of nitrogens with zero attached hydrogens (tertiary/aromatic N) is 2. The molecule has 3 rings (SSSR count). The van der Waals surface area contributed by atoms with Gasteiger partial charge in [-0.05, 0) is 25.0 Å². The highest BCUT2D eigenvalue weighted by Gasteiger charge is 2.34. The summed E-state index contributed by atoms with van der Waals surface area (Å²) in [6, 6.07) is 6.40. The number of nitrogens with one attached hydrogen (secondary N) is 1. The Morgan fingerprint density at radius 1 is 1.30 bits per heavy atom. The molecule has 1 aromatic rings. The highest BCUT2D eigenvalue weighted by molar-refractivity contribution is 5.89. The summed E-state index contributed by atoms with van der Waals surface area (Å²) in [4.78, 5) is 28.8. The van der Waals surface area contributed by atoms with Crippen molar-refractivity contribution in [1.29, 1.82) is 0 Å². The van der Waals surface area contributed by atoms with Crippen molar-refractivity contribution in [1.82, 2.24) is 15.1 Å². The molecule has 2 aliphatic rings. The Bertz CT molecular complexity index is 664. The van der Waals surface area contributed by atoms with Crippen LogP contribution in [0, 0.1) is 11.7 Å². The van der Waals surface area contributed by atoms with E-state index >= 15 is 0 Å². The van der Waals surface area contributed by atoms with E-state index in [0.29, 0.717) is 25.1 Å². The first kappa shape index (κ1) is 19.8. The molecule has 7 heteroatoms. The van der Waals surface area contributed by atoms with E-state index < -0.39 is 0 Å². The first-order chi connectivity index (χ1) is 13.0. The number of carbonyl (C=O) groups excluding carboxylic acids is 2. The van der Waals surface area contributed by atoms with Crippen LogP contribution < -0.4 is 5.32 Å². The molecule has 1 N–H and O–H groups in total. The molecule has 0 bridgehead atoms. The third-order valence-corrected chi connectivity index (χ3v) is 5.25. The molecular weight excluding hydrogens is 349 g/mol. The quantitative estimate of drug-likeness (QED) is 0.772. The second kappa shape index (κ2) is 9.28. The van der Waals surface area contributed by atoms with Gasteiger partial charge in [0.25, 0.3) is 0 Å². The first-order valence-electron chi connectivity index (χ1n) is 9.64. The topological polar surface area (TPSA) is 61.9 Å². The van der Waals surface area contributed by atoms with Gasteiger partial charge >= 0.3 is 0 Å². The molecular formula is C20H28FN3O3. The summed E-state index contributed by atoms with van der Waals surface area (Å²) in [5.74, 6) is -0.680. The van der Waals surface area contributed by atoms with Crippen LogP contribution in [-0.4, -0.2) is 73.6 Å². The van der Waals surface area contributed by atoms with Gasteiger partial charge in [0, 0.05) is 45.2 Å². The molecule has 2 atom stereocenters. The summed E-state index contributed by atoms with van der Waals surface area (Å²) in [7, 11) is 0. The van der Waals surface area contributed by atoms with Gasteiger partial charge in [-0.1, -0.05) is 18.2 Å². The molecule has 2 heterocycles. The van der Waals surface area contributed by atoms with Gasteiger partial charge < -0.3 is 15.0 Å². The molecule has 0 radical (unpaired) electrons. The molecule has 27 heavy (non-hydrogen) atoms. The summed E-state index contributed by atoms with van der Waals surface area (Å²) in [6.45, 7) is 7.02. The van der Waals surface area contributed by atoms with Crippen LogP contribution in [0.3, 0.4) is 0 Å². The van der Waals surface area contributed by atoms with E-state index in [0.717, 1.165) is 32.8 Å². The summed E-state index contributed by atoms with van der Waals surface area (Å²) < 4.78 is 19.1. The van der Waals surface area contributed by atoms with Crippen molar-refractivity contribution < 1.29 is 18.7 Å². The number of hydrogen-bond donors (Lipinski definition) is 1. The molecule has 1 aromatic carbocycles. The van der Waals surface area contributed by atoms with E-state index in [4.69, 9.17) is 4.74 Å². The van der Waals surface area contributed by atoms with Gasteiger partial charge in [0.1, 0.15) is 5.82 Å². The molecule has 2 fully saturated rings. The van der Waals surface area contributed by atoms with Gasteiger partial charge in [-0.3, -0.25) is 14.5 Å². The molecule has 0 spiro atoms. The van der Waals surface area contributed by atoms with E-state index in [2.05, 4.69) is 10.2 Å². The fraction of sp³-hybridized carbons (Fsp3) is 0.600. The van der Waals surface area contributed by atoms with E-state index in [1.807, 2.05) is 6.92 Å². The highest BCUT2D eigenvalue weighted by Crippen LogP contribution is 2.18. The molecule has 0 aromatic heterocycles. The number of hydrogen-bond acceptors (Lipinski definition) is 4. The molecule has 0 unspecified atom stereocenters. The lowest BCUT2D eigenvalue weighted by atomic mass is 10.0. The number of likely N-dealkylation sites (tertiary alicyclic amines) is 1. The zero-order valence-corrected chi connectivity index (χ0v) is 15.8. The van der Waals surface area contributed by atoms with Crippen molar-refractivity contribution in [2.24, 2.45) is 5.92 Å². The summed E-state index contributed by atoms with van der Waals surface area (Å²) in [5.41, 5.74) is 0.583. The van der Waals surface area contributed by atoms with Crippen LogP contribution in [0.15, 0.2) is 24.3 Å². The number of rotatable bonds is 7. The molecule has 0 saturated carbocycles. The Morgan fingerprint density at radius 3 is 2.78 bits per heavy atom. The van der Waals surface area contributed by atoms with Crippen molar-refractivity contribution in [2.45, 2.75) is 25.8 Å². The van der Waals surface area contributed by atoms with Gasteiger partial charge in [-0.15, -0.1) is 0 Å². The number of amides is 2. The van der Waals surface area contributed by atoms with Crippen LogP contribution in [0.4, 0.5) is 4.39 Å². The van der Waals surface area contributed by atoms with E-state index in [1.54, 1.807) is 23.1 Å². The molecule has 2 amide bonds. The number of morpholine rings is 1. The van der Waals surface area contributed by atoms with Crippen molar-refractivity contribution >= 4 is 11.8 Å². The van der Waals surface area contributed by atoms with Crippen LogP contribution in [0.25, 0.3) is 0 Å². The lowest BCUT2D eigenvalue weighted by Crippen LogP contribution is -2.42. The van der Waals surface area contributed by atoms with Crippen LogP contribution in [0.5, 0.6) is 0 Å². The Morgan fingerprint density at radius 2 is 2.04 bits per heavy atom. The predicted molar refractivity (Wildman–Crippen MR) is 99.7 cm³/mol. The minimum absolute atomic E-state index is 0.0326. The maximum Gasteiger partial charge on any atom is 0.225 e. The van der Waals surface area contributed by atoms with Crippen LogP contribution in [0.1, 0.15) is 18.9 Å². The normalized spacial score (nSPS) is 22.1. The fourth-order valence-electron chi connectivity index (χ4n) is 3.66. The predicted octanol–water partition coefficient (Wildman–Crippen LogP) is 1.05. The van der Waals surface area contributed by atoms with Gasteiger partial charge in [0.15, 0.2) is 0 Å². The van der Waals surface area contributed by atoms with E-state index in [1.165, 1.54) is 6.07 Å². The van der Waals surface area contributed by atoms with Crippen molar-refractivity contribution in [2.75, 3.05) is 45.9 Å².